The van der Waals surface area contributed by atoms with Gasteiger partial charge in [0.15, 0.2) is 0 Å². The molecule has 1 aromatic heterocycles. The summed E-state index contributed by atoms with van der Waals surface area (Å²) in [7, 11) is 3.68. The molecule has 1 atom stereocenters. The second-order valence-electron chi connectivity index (χ2n) is 3.93. The van der Waals surface area contributed by atoms with Gasteiger partial charge in [0.25, 0.3) is 5.91 Å². The Bertz CT molecular complexity index is 430. The minimum absolute atomic E-state index is 0.219. The number of aliphatic hydroxyl groups excluding tert-OH is 1. The lowest BCUT2D eigenvalue weighted by atomic mass is 10.2. The van der Waals surface area contributed by atoms with E-state index in [4.69, 9.17) is 10.8 Å². The molecule has 1 rings (SSSR count). The zero-order chi connectivity index (χ0) is 13.7. The lowest BCUT2D eigenvalue weighted by Crippen LogP contribution is -2.40. The van der Waals surface area contributed by atoms with Gasteiger partial charge >= 0.3 is 0 Å². The van der Waals surface area contributed by atoms with E-state index >= 15 is 0 Å². The number of carbonyl (C=O) groups is 2. The second kappa shape index (κ2) is 5.97. The molecule has 0 aliphatic carbocycles. The first-order valence-corrected chi connectivity index (χ1v) is 5.30. The van der Waals surface area contributed by atoms with Gasteiger partial charge in [0.1, 0.15) is 11.9 Å². The first-order valence-electron chi connectivity index (χ1n) is 5.30. The molecule has 0 bridgehead atoms. The molecule has 0 radical (unpaired) electrons. The Hall–Kier alpha value is -2.15. The zero-order valence-electron chi connectivity index (χ0n) is 10.3. The molecule has 0 fully saturated rings. The molecule has 4 N–H and O–H groups in total. The van der Waals surface area contributed by atoms with E-state index in [-0.39, 0.29) is 6.54 Å². The quantitative estimate of drug-likeness (QED) is 0.605. The molecular weight excluding hydrogens is 236 g/mol. The molecule has 0 aliphatic heterocycles. The Morgan fingerprint density at radius 1 is 1.50 bits per heavy atom. The maximum Gasteiger partial charge on any atom is 0.252 e. The van der Waals surface area contributed by atoms with Crippen molar-refractivity contribution in [3.05, 3.63) is 23.9 Å². The number of aromatic nitrogens is 1. The van der Waals surface area contributed by atoms with Gasteiger partial charge in [-0.15, -0.1) is 0 Å². The van der Waals surface area contributed by atoms with Crippen LogP contribution in [0.5, 0.6) is 0 Å². The van der Waals surface area contributed by atoms with Gasteiger partial charge in [-0.3, -0.25) is 9.59 Å². The molecule has 0 aromatic carbocycles. The predicted octanol–water partition coefficient (Wildman–Crippen LogP) is -1.28. The summed E-state index contributed by atoms with van der Waals surface area (Å²) in [5.41, 5.74) is 5.20. The topological polar surface area (TPSA) is 109 Å². The monoisotopic (exact) mass is 252 g/mol. The van der Waals surface area contributed by atoms with E-state index in [1.54, 1.807) is 17.0 Å². The molecule has 7 heteroatoms. The summed E-state index contributed by atoms with van der Waals surface area (Å²) in [5, 5.41) is 11.5. The van der Waals surface area contributed by atoms with Crippen LogP contribution in [0.1, 0.15) is 10.4 Å². The van der Waals surface area contributed by atoms with Crippen molar-refractivity contribution in [3.63, 3.8) is 0 Å². The van der Waals surface area contributed by atoms with Gasteiger partial charge in [0.2, 0.25) is 5.91 Å². The van der Waals surface area contributed by atoms with Crippen molar-refractivity contribution in [3.8, 4) is 0 Å². The van der Waals surface area contributed by atoms with Crippen LogP contribution in [0, 0.1) is 0 Å². The Kier molecular flexibility index (Phi) is 4.61. The summed E-state index contributed by atoms with van der Waals surface area (Å²) in [5.74, 6) is -0.576. The highest BCUT2D eigenvalue weighted by molar-refractivity contribution is 5.94. The summed E-state index contributed by atoms with van der Waals surface area (Å²) >= 11 is 0. The van der Waals surface area contributed by atoms with Crippen molar-refractivity contribution in [1.82, 2.24) is 10.3 Å². The van der Waals surface area contributed by atoms with Gasteiger partial charge in [-0.2, -0.15) is 0 Å². The Morgan fingerprint density at radius 2 is 2.17 bits per heavy atom. The highest BCUT2D eigenvalue weighted by Gasteiger charge is 2.13. The first kappa shape index (κ1) is 13.9. The lowest BCUT2D eigenvalue weighted by Gasteiger charge is -2.12. The van der Waals surface area contributed by atoms with Crippen molar-refractivity contribution in [1.29, 1.82) is 0 Å². The van der Waals surface area contributed by atoms with Crippen molar-refractivity contribution in [2.75, 3.05) is 25.5 Å². The Balaban J connectivity index is 2.59. The fourth-order valence-corrected chi connectivity index (χ4v) is 1.18. The number of hydrogen-bond donors (Lipinski definition) is 3. The molecule has 0 aliphatic rings. The molecule has 1 aromatic rings. The highest BCUT2D eigenvalue weighted by atomic mass is 16.3. The van der Waals surface area contributed by atoms with Crippen molar-refractivity contribution >= 4 is 17.6 Å². The predicted molar refractivity (Wildman–Crippen MR) is 66.1 cm³/mol. The summed E-state index contributed by atoms with van der Waals surface area (Å²) in [6.45, 7) is -0.219. The third-order valence-corrected chi connectivity index (χ3v) is 2.25. The molecule has 98 valence electrons. The maximum atomic E-state index is 11.6. The molecule has 0 saturated heterocycles. The van der Waals surface area contributed by atoms with E-state index in [9.17, 15) is 9.59 Å². The molecule has 2 amide bonds. The van der Waals surface area contributed by atoms with E-state index in [2.05, 4.69) is 10.3 Å². The average molecular weight is 252 g/mol. The number of amides is 2. The molecule has 0 saturated carbocycles. The molecule has 7 nitrogen and oxygen atoms in total. The van der Waals surface area contributed by atoms with Crippen LogP contribution in [0.15, 0.2) is 18.3 Å². The van der Waals surface area contributed by atoms with Gasteiger partial charge in [-0.05, 0) is 12.1 Å². The fourth-order valence-electron chi connectivity index (χ4n) is 1.18. The second-order valence-corrected chi connectivity index (χ2v) is 3.93. The first-order chi connectivity index (χ1) is 8.41. The van der Waals surface area contributed by atoms with E-state index in [1.165, 1.54) is 6.20 Å². The van der Waals surface area contributed by atoms with Gasteiger partial charge in [0.05, 0.1) is 12.1 Å². The van der Waals surface area contributed by atoms with Gasteiger partial charge in [-0.1, -0.05) is 0 Å². The number of hydrogen-bond acceptors (Lipinski definition) is 5. The van der Waals surface area contributed by atoms with Crippen LogP contribution in [0.4, 0.5) is 5.82 Å². The van der Waals surface area contributed by atoms with Crippen molar-refractivity contribution in [2.24, 2.45) is 5.73 Å². The SMILES string of the molecule is CN(C)c1ccc(C(=O)NCC(O)C(N)=O)cn1. The number of pyridine rings is 1. The molecule has 1 heterocycles. The van der Waals surface area contributed by atoms with Crippen molar-refractivity contribution in [2.45, 2.75) is 6.10 Å². The minimum Gasteiger partial charge on any atom is -0.381 e. The third kappa shape index (κ3) is 3.70. The molecule has 1 unspecified atom stereocenters. The van der Waals surface area contributed by atoms with E-state index < -0.39 is 17.9 Å². The minimum atomic E-state index is -1.39. The Morgan fingerprint density at radius 3 is 2.61 bits per heavy atom. The van der Waals surface area contributed by atoms with E-state index in [0.29, 0.717) is 5.56 Å². The Labute approximate surface area is 105 Å². The summed E-state index contributed by atoms with van der Waals surface area (Å²) in [4.78, 5) is 28.1. The average Bonchev–Trinajstić information content (AvgIpc) is 2.35. The number of aliphatic hydroxyl groups is 1. The normalized spacial score (nSPS) is 11.7. The van der Waals surface area contributed by atoms with Crippen LogP contribution in [0.2, 0.25) is 0 Å². The smallest absolute Gasteiger partial charge is 0.252 e. The standard InChI is InChI=1S/C11H16N4O3/c1-15(2)9-4-3-7(5-13-9)11(18)14-6-8(16)10(12)17/h3-5,8,16H,6H2,1-2H3,(H2,12,17)(H,14,18). The van der Waals surface area contributed by atoms with Gasteiger partial charge in [0, 0.05) is 20.3 Å². The van der Waals surface area contributed by atoms with Crippen LogP contribution in [0.3, 0.4) is 0 Å². The van der Waals surface area contributed by atoms with Crippen molar-refractivity contribution < 1.29 is 14.7 Å². The number of carbonyl (C=O) groups excluding carboxylic acids is 2. The highest BCUT2D eigenvalue weighted by Crippen LogP contribution is 2.07. The molecule has 18 heavy (non-hydrogen) atoms. The fraction of sp³-hybridized carbons (Fsp3) is 0.364. The number of primary amides is 1. The number of nitrogens with two attached hydrogens (primary N) is 1. The van der Waals surface area contributed by atoms with Crippen LogP contribution in [-0.2, 0) is 4.79 Å². The lowest BCUT2D eigenvalue weighted by molar-refractivity contribution is -0.125. The van der Waals surface area contributed by atoms with E-state index in [0.717, 1.165) is 5.82 Å². The summed E-state index contributed by atoms with van der Waals surface area (Å²) in [6, 6.07) is 3.30. The number of anilines is 1. The van der Waals surface area contributed by atoms with Gasteiger partial charge in [-0.25, -0.2) is 4.98 Å². The van der Waals surface area contributed by atoms with Gasteiger partial charge < -0.3 is 21.1 Å². The zero-order valence-corrected chi connectivity index (χ0v) is 10.3. The molecular formula is C11H16N4O3. The molecule has 0 spiro atoms. The maximum absolute atomic E-state index is 11.6. The van der Waals surface area contributed by atoms with E-state index in [1.807, 2.05) is 14.1 Å². The third-order valence-electron chi connectivity index (χ3n) is 2.25. The van der Waals surface area contributed by atoms with Crippen LogP contribution >= 0.6 is 0 Å². The van der Waals surface area contributed by atoms with Crippen LogP contribution in [0.25, 0.3) is 0 Å². The number of nitrogens with one attached hydrogen (secondary N) is 1. The van der Waals surface area contributed by atoms with Crippen LogP contribution < -0.4 is 16.0 Å². The summed E-state index contributed by atoms with van der Waals surface area (Å²) < 4.78 is 0. The number of nitrogens with zero attached hydrogens (tertiary/aromatic N) is 2. The number of rotatable bonds is 5. The summed E-state index contributed by atoms with van der Waals surface area (Å²) in [6.07, 6.45) is 0.0318. The largest absolute Gasteiger partial charge is 0.381 e. The van der Waals surface area contributed by atoms with Crippen LogP contribution in [-0.4, -0.2) is 48.6 Å².